The van der Waals surface area contributed by atoms with Crippen LogP contribution in [0.25, 0.3) is 0 Å². The number of nitrogens with zero attached hydrogens (tertiary/aromatic N) is 5. The molecule has 1 fully saturated rings. The van der Waals surface area contributed by atoms with Crippen LogP contribution in [-0.2, 0) is 0 Å². The zero-order valence-corrected chi connectivity index (χ0v) is 12.9. The molecule has 1 aliphatic rings. The van der Waals surface area contributed by atoms with Gasteiger partial charge in [0, 0.05) is 32.4 Å². The highest BCUT2D eigenvalue weighted by molar-refractivity contribution is 6.30. The maximum atomic E-state index is 5.87. The van der Waals surface area contributed by atoms with Crippen LogP contribution >= 0.6 is 11.6 Å². The molecule has 0 spiro atoms. The van der Waals surface area contributed by atoms with E-state index in [9.17, 15) is 0 Å². The Kier molecular flexibility index (Phi) is 4.07. The first kappa shape index (κ1) is 14.3. The van der Waals surface area contributed by atoms with Crippen LogP contribution in [0.4, 0.5) is 5.82 Å². The lowest BCUT2D eigenvalue weighted by Crippen LogP contribution is -2.47. The maximum absolute atomic E-state index is 5.87. The molecule has 0 radical (unpaired) electrons. The minimum atomic E-state index is 0.145. The molecule has 0 amide bonds. The van der Waals surface area contributed by atoms with Gasteiger partial charge in [0.05, 0.1) is 11.1 Å². The Morgan fingerprint density at radius 2 is 2.00 bits per heavy atom. The number of halogens is 1. The predicted molar refractivity (Wildman–Crippen MR) is 80.5 cm³/mol. The summed E-state index contributed by atoms with van der Waals surface area (Å²) < 4.78 is 5.26. The number of hydrogen-bond acceptors (Lipinski definition) is 6. The van der Waals surface area contributed by atoms with E-state index < -0.39 is 0 Å². The molecule has 3 rings (SSSR count). The van der Waals surface area contributed by atoms with Crippen molar-refractivity contribution in [2.75, 3.05) is 31.1 Å². The summed E-state index contributed by atoms with van der Waals surface area (Å²) in [4.78, 5) is 13.3. The molecular formula is C14H18ClN5O. The van der Waals surface area contributed by atoms with Crippen molar-refractivity contribution in [2.45, 2.75) is 19.9 Å². The third-order valence-electron chi connectivity index (χ3n) is 3.80. The number of rotatable bonds is 3. The van der Waals surface area contributed by atoms with Crippen LogP contribution in [0.2, 0.25) is 5.02 Å². The standard InChI is InChI=1S/C14H18ClN5O/c1-10(14-17-11(2)18-21-14)19-5-7-20(8-6-19)13-4-3-12(15)9-16-13/h3-4,9-10H,5-8H2,1-2H3/t10-/m1/s1. The zero-order chi connectivity index (χ0) is 14.8. The van der Waals surface area contributed by atoms with Crippen LogP contribution in [0.5, 0.6) is 0 Å². The molecule has 112 valence electrons. The molecule has 1 atom stereocenters. The van der Waals surface area contributed by atoms with Crippen molar-refractivity contribution >= 4 is 17.4 Å². The van der Waals surface area contributed by atoms with Crippen LogP contribution < -0.4 is 4.90 Å². The molecule has 21 heavy (non-hydrogen) atoms. The Morgan fingerprint density at radius 1 is 1.24 bits per heavy atom. The van der Waals surface area contributed by atoms with Crippen LogP contribution in [0.15, 0.2) is 22.9 Å². The van der Waals surface area contributed by atoms with E-state index in [0.717, 1.165) is 32.0 Å². The number of aryl methyl sites for hydroxylation is 1. The van der Waals surface area contributed by atoms with E-state index in [1.807, 2.05) is 19.1 Å². The zero-order valence-electron chi connectivity index (χ0n) is 12.2. The number of pyridine rings is 1. The van der Waals surface area contributed by atoms with E-state index in [1.165, 1.54) is 0 Å². The molecule has 2 aromatic heterocycles. The fourth-order valence-electron chi connectivity index (χ4n) is 2.53. The first-order chi connectivity index (χ1) is 10.1. The minimum Gasteiger partial charge on any atom is -0.354 e. The quantitative estimate of drug-likeness (QED) is 0.867. The molecule has 1 aliphatic heterocycles. The summed E-state index contributed by atoms with van der Waals surface area (Å²) in [7, 11) is 0. The Morgan fingerprint density at radius 3 is 2.57 bits per heavy atom. The highest BCUT2D eigenvalue weighted by Gasteiger charge is 2.25. The number of aromatic nitrogens is 3. The molecule has 0 unspecified atom stereocenters. The lowest BCUT2D eigenvalue weighted by atomic mass is 10.2. The van der Waals surface area contributed by atoms with E-state index >= 15 is 0 Å². The predicted octanol–water partition coefficient (Wildman–Crippen LogP) is 2.31. The third-order valence-corrected chi connectivity index (χ3v) is 4.02. The normalized spacial score (nSPS) is 18.0. The number of hydrogen-bond donors (Lipinski definition) is 0. The molecule has 0 N–H and O–H groups in total. The molecule has 0 aromatic carbocycles. The Balaban J connectivity index is 1.61. The first-order valence-electron chi connectivity index (χ1n) is 7.04. The molecule has 1 saturated heterocycles. The van der Waals surface area contributed by atoms with Gasteiger partial charge in [0.2, 0.25) is 5.89 Å². The van der Waals surface area contributed by atoms with Crippen LogP contribution in [0.1, 0.15) is 24.7 Å². The summed E-state index contributed by atoms with van der Waals surface area (Å²) in [6.45, 7) is 7.66. The molecule has 6 nitrogen and oxygen atoms in total. The third kappa shape index (κ3) is 3.16. The second kappa shape index (κ2) is 5.99. The second-order valence-electron chi connectivity index (χ2n) is 5.21. The van der Waals surface area contributed by atoms with E-state index in [2.05, 4.69) is 31.8 Å². The van der Waals surface area contributed by atoms with Gasteiger partial charge in [0.1, 0.15) is 5.82 Å². The SMILES string of the molecule is Cc1noc([C@@H](C)N2CCN(c3ccc(Cl)cn3)CC2)n1. The summed E-state index contributed by atoms with van der Waals surface area (Å²) in [5.74, 6) is 2.34. The van der Waals surface area contributed by atoms with E-state index in [4.69, 9.17) is 16.1 Å². The van der Waals surface area contributed by atoms with Gasteiger partial charge in [0.15, 0.2) is 5.82 Å². The molecular weight excluding hydrogens is 290 g/mol. The van der Waals surface area contributed by atoms with Gasteiger partial charge in [-0.2, -0.15) is 4.98 Å². The summed E-state index contributed by atoms with van der Waals surface area (Å²) in [6, 6.07) is 3.98. The van der Waals surface area contributed by atoms with Gasteiger partial charge in [-0.3, -0.25) is 4.90 Å². The van der Waals surface area contributed by atoms with Gasteiger partial charge in [-0.1, -0.05) is 16.8 Å². The second-order valence-corrected chi connectivity index (χ2v) is 5.65. The van der Waals surface area contributed by atoms with Crippen molar-refractivity contribution in [2.24, 2.45) is 0 Å². The van der Waals surface area contributed by atoms with Crippen molar-refractivity contribution in [1.29, 1.82) is 0 Å². The van der Waals surface area contributed by atoms with Crippen molar-refractivity contribution in [3.05, 3.63) is 35.1 Å². The summed E-state index contributed by atoms with van der Waals surface area (Å²) >= 11 is 5.87. The van der Waals surface area contributed by atoms with Gasteiger partial charge in [-0.15, -0.1) is 0 Å². The Bertz CT molecular complexity index is 592. The van der Waals surface area contributed by atoms with Crippen molar-refractivity contribution < 1.29 is 4.52 Å². The average molecular weight is 308 g/mol. The van der Waals surface area contributed by atoms with Gasteiger partial charge in [-0.25, -0.2) is 4.98 Å². The lowest BCUT2D eigenvalue weighted by molar-refractivity contribution is 0.164. The summed E-state index contributed by atoms with van der Waals surface area (Å²) in [5.41, 5.74) is 0. The summed E-state index contributed by atoms with van der Waals surface area (Å²) in [6.07, 6.45) is 1.69. The monoisotopic (exact) mass is 307 g/mol. The highest BCUT2D eigenvalue weighted by Crippen LogP contribution is 2.22. The molecule has 7 heteroatoms. The Labute approximate surface area is 128 Å². The number of anilines is 1. The van der Waals surface area contributed by atoms with Gasteiger partial charge < -0.3 is 9.42 Å². The Hall–Kier alpha value is -1.66. The van der Waals surface area contributed by atoms with Gasteiger partial charge in [-0.05, 0) is 26.0 Å². The van der Waals surface area contributed by atoms with E-state index in [0.29, 0.717) is 16.7 Å². The minimum absolute atomic E-state index is 0.145. The van der Waals surface area contributed by atoms with Gasteiger partial charge >= 0.3 is 0 Å². The van der Waals surface area contributed by atoms with Crippen molar-refractivity contribution in [3.8, 4) is 0 Å². The molecule has 3 heterocycles. The van der Waals surface area contributed by atoms with Crippen LogP contribution in [0.3, 0.4) is 0 Å². The summed E-state index contributed by atoms with van der Waals surface area (Å²) in [5, 5.41) is 4.52. The first-order valence-corrected chi connectivity index (χ1v) is 7.42. The van der Waals surface area contributed by atoms with Crippen molar-refractivity contribution in [1.82, 2.24) is 20.0 Å². The number of piperazine rings is 1. The molecule has 0 bridgehead atoms. The largest absolute Gasteiger partial charge is 0.354 e. The lowest BCUT2D eigenvalue weighted by Gasteiger charge is -2.37. The maximum Gasteiger partial charge on any atom is 0.243 e. The van der Waals surface area contributed by atoms with Gasteiger partial charge in [0.25, 0.3) is 0 Å². The molecule has 0 saturated carbocycles. The van der Waals surface area contributed by atoms with E-state index in [1.54, 1.807) is 6.20 Å². The smallest absolute Gasteiger partial charge is 0.243 e. The van der Waals surface area contributed by atoms with Crippen LogP contribution in [0, 0.1) is 6.92 Å². The van der Waals surface area contributed by atoms with Crippen molar-refractivity contribution in [3.63, 3.8) is 0 Å². The van der Waals surface area contributed by atoms with Crippen LogP contribution in [-0.4, -0.2) is 46.2 Å². The molecule has 0 aliphatic carbocycles. The highest BCUT2D eigenvalue weighted by atomic mass is 35.5. The fraction of sp³-hybridized carbons (Fsp3) is 0.500. The average Bonchev–Trinajstić information content (AvgIpc) is 2.94. The topological polar surface area (TPSA) is 58.3 Å². The molecule has 2 aromatic rings. The fourth-order valence-corrected chi connectivity index (χ4v) is 2.64. The van der Waals surface area contributed by atoms with E-state index in [-0.39, 0.29) is 6.04 Å².